The molecule has 3 N–H and O–H groups in total. The van der Waals surface area contributed by atoms with Crippen LogP contribution in [0.3, 0.4) is 0 Å². The van der Waals surface area contributed by atoms with Gasteiger partial charge in [-0.2, -0.15) is 0 Å². The number of aromatic amines is 1. The first-order valence-electron chi connectivity index (χ1n) is 11.6. The van der Waals surface area contributed by atoms with Crippen molar-refractivity contribution >= 4 is 35.2 Å². The Hall–Kier alpha value is -5.12. The van der Waals surface area contributed by atoms with Gasteiger partial charge in [0.25, 0.3) is 17.4 Å². The Labute approximate surface area is 215 Å². The van der Waals surface area contributed by atoms with Crippen molar-refractivity contribution in [1.29, 1.82) is 0 Å². The molecule has 0 aliphatic carbocycles. The summed E-state index contributed by atoms with van der Waals surface area (Å²) < 4.78 is 27.8. The molecule has 0 fully saturated rings. The van der Waals surface area contributed by atoms with Crippen LogP contribution in [0.1, 0.15) is 32.9 Å². The van der Waals surface area contributed by atoms with Crippen molar-refractivity contribution < 1.29 is 18.4 Å². The standard InChI is InChI=1S/C28H21F2N5O3/c29-22-8-6-18(13-23(22)30)16-35-12-11-32-25(28(35)38)27(37)33-10-1-3-17-5-7-20-21(15-19-4-2-9-31-19)26(36)34-24(20)14-17/h1-9,11-15,31H,10,16H2,(H,33,37)(H,34,36)/b3-1+,21-15?. The molecule has 0 saturated carbocycles. The Bertz CT molecular complexity index is 1660. The summed E-state index contributed by atoms with van der Waals surface area (Å²) >= 11 is 0. The molecule has 3 heterocycles. The van der Waals surface area contributed by atoms with Gasteiger partial charge in [-0.1, -0.05) is 30.4 Å². The van der Waals surface area contributed by atoms with Crippen LogP contribution in [0.4, 0.5) is 14.5 Å². The zero-order valence-corrected chi connectivity index (χ0v) is 19.9. The van der Waals surface area contributed by atoms with Crippen molar-refractivity contribution in [1.82, 2.24) is 19.9 Å². The van der Waals surface area contributed by atoms with Crippen molar-refractivity contribution in [3.63, 3.8) is 0 Å². The molecular weight excluding hydrogens is 492 g/mol. The molecule has 0 unspecified atom stereocenters. The lowest BCUT2D eigenvalue weighted by atomic mass is 10.0. The summed E-state index contributed by atoms with van der Waals surface area (Å²) in [7, 11) is 0. The Morgan fingerprint density at radius 3 is 2.74 bits per heavy atom. The monoisotopic (exact) mass is 513 g/mol. The van der Waals surface area contributed by atoms with Crippen LogP contribution in [0, 0.1) is 11.6 Å². The van der Waals surface area contributed by atoms with Crippen molar-refractivity contribution in [3.8, 4) is 0 Å². The van der Waals surface area contributed by atoms with Crippen LogP contribution in [0.2, 0.25) is 0 Å². The summed E-state index contributed by atoms with van der Waals surface area (Å²) in [6.45, 7) is 0.0783. The molecule has 190 valence electrons. The maximum absolute atomic E-state index is 13.5. The van der Waals surface area contributed by atoms with Crippen molar-refractivity contribution in [2.24, 2.45) is 0 Å². The normalized spacial score (nSPS) is 13.6. The molecule has 0 bridgehead atoms. The third-order valence-electron chi connectivity index (χ3n) is 5.90. The van der Waals surface area contributed by atoms with Gasteiger partial charge in [0.15, 0.2) is 17.3 Å². The number of aromatic nitrogens is 3. The number of hydrogen-bond acceptors (Lipinski definition) is 4. The number of H-pyrrole nitrogens is 1. The van der Waals surface area contributed by atoms with Crippen LogP contribution in [-0.4, -0.2) is 32.9 Å². The fourth-order valence-corrected chi connectivity index (χ4v) is 4.04. The van der Waals surface area contributed by atoms with Crippen LogP contribution in [0.15, 0.2) is 78.0 Å². The van der Waals surface area contributed by atoms with Gasteiger partial charge in [0.2, 0.25) is 0 Å². The number of hydrogen-bond donors (Lipinski definition) is 3. The Morgan fingerprint density at radius 2 is 1.95 bits per heavy atom. The van der Waals surface area contributed by atoms with Gasteiger partial charge in [-0.05, 0) is 47.5 Å². The summed E-state index contributed by atoms with van der Waals surface area (Å²) in [5, 5.41) is 5.47. The van der Waals surface area contributed by atoms with Gasteiger partial charge >= 0.3 is 0 Å². The molecule has 5 rings (SSSR count). The zero-order chi connectivity index (χ0) is 26.6. The lowest BCUT2D eigenvalue weighted by Crippen LogP contribution is -2.34. The second-order valence-corrected chi connectivity index (χ2v) is 8.51. The number of fused-ring (bicyclic) bond motifs is 1. The number of nitrogens with one attached hydrogen (secondary N) is 3. The quantitative estimate of drug-likeness (QED) is 0.326. The number of carbonyl (C=O) groups excluding carboxylic acids is 2. The van der Waals surface area contributed by atoms with E-state index < -0.39 is 23.1 Å². The minimum absolute atomic E-state index is 0.0461. The molecule has 0 atom stereocenters. The first-order chi connectivity index (χ1) is 18.4. The molecule has 4 aromatic rings. The third-order valence-corrected chi connectivity index (χ3v) is 5.90. The van der Waals surface area contributed by atoms with Gasteiger partial charge in [0, 0.05) is 42.1 Å². The van der Waals surface area contributed by atoms with E-state index in [2.05, 4.69) is 20.6 Å². The Kier molecular flexibility index (Phi) is 6.77. The predicted molar refractivity (Wildman–Crippen MR) is 139 cm³/mol. The molecule has 2 aromatic carbocycles. The number of anilines is 1. The van der Waals surface area contributed by atoms with Crippen molar-refractivity contribution in [3.05, 3.63) is 123 Å². The van der Waals surface area contributed by atoms with E-state index in [-0.39, 0.29) is 24.7 Å². The summed E-state index contributed by atoms with van der Waals surface area (Å²) in [6, 6.07) is 12.6. The third kappa shape index (κ3) is 5.19. The van der Waals surface area contributed by atoms with Crippen molar-refractivity contribution in [2.75, 3.05) is 11.9 Å². The largest absolute Gasteiger partial charge is 0.362 e. The van der Waals surface area contributed by atoms with Crippen LogP contribution in [0.25, 0.3) is 17.7 Å². The number of nitrogens with zero attached hydrogens (tertiary/aromatic N) is 2. The highest BCUT2D eigenvalue weighted by atomic mass is 19.2. The molecule has 10 heteroatoms. The number of halogens is 2. The van der Waals surface area contributed by atoms with Gasteiger partial charge < -0.3 is 20.2 Å². The average Bonchev–Trinajstić information content (AvgIpc) is 3.53. The van der Waals surface area contributed by atoms with Gasteiger partial charge in [-0.25, -0.2) is 13.8 Å². The lowest BCUT2D eigenvalue weighted by Gasteiger charge is -2.08. The topological polar surface area (TPSA) is 109 Å². The second-order valence-electron chi connectivity index (χ2n) is 8.51. The van der Waals surface area contributed by atoms with E-state index in [9.17, 15) is 23.2 Å². The number of benzene rings is 2. The van der Waals surface area contributed by atoms with Crippen LogP contribution in [-0.2, 0) is 11.3 Å². The van der Waals surface area contributed by atoms with Gasteiger partial charge in [0.05, 0.1) is 12.1 Å². The molecular formula is C28H21F2N5O3. The second kappa shape index (κ2) is 10.5. The van der Waals surface area contributed by atoms with E-state index in [0.717, 1.165) is 29.0 Å². The summed E-state index contributed by atoms with van der Waals surface area (Å²) in [5.41, 5.74) is 3.08. The van der Waals surface area contributed by atoms with E-state index in [1.54, 1.807) is 24.4 Å². The molecule has 2 aromatic heterocycles. The minimum Gasteiger partial charge on any atom is -0.362 e. The highest BCUT2D eigenvalue weighted by molar-refractivity contribution is 6.34. The highest BCUT2D eigenvalue weighted by Crippen LogP contribution is 2.33. The summed E-state index contributed by atoms with van der Waals surface area (Å²) in [5.74, 6) is -2.86. The van der Waals surface area contributed by atoms with Crippen LogP contribution < -0.4 is 16.2 Å². The predicted octanol–water partition coefficient (Wildman–Crippen LogP) is 3.83. The molecule has 0 radical (unpaired) electrons. The highest BCUT2D eigenvalue weighted by Gasteiger charge is 2.24. The first-order valence-corrected chi connectivity index (χ1v) is 11.6. The number of rotatable bonds is 7. The van der Waals surface area contributed by atoms with Gasteiger partial charge in [-0.15, -0.1) is 0 Å². The Morgan fingerprint density at radius 1 is 1.08 bits per heavy atom. The molecule has 1 aliphatic heterocycles. The van der Waals surface area contributed by atoms with Gasteiger partial charge in [0.1, 0.15) is 0 Å². The summed E-state index contributed by atoms with van der Waals surface area (Å²) in [4.78, 5) is 44.6. The number of amides is 2. The SMILES string of the molecule is O=C1Nc2cc(/C=C/CNC(=O)c3nccn(Cc4ccc(F)c(F)c4)c3=O)ccc2C1=Cc1ccc[nH]1. The van der Waals surface area contributed by atoms with E-state index >= 15 is 0 Å². The number of carbonyl (C=O) groups is 2. The average molecular weight is 514 g/mol. The summed E-state index contributed by atoms with van der Waals surface area (Å²) in [6.07, 6.45) is 9.71. The van der Waals surface area contributed by atoms with Crippen LogP contribution in [0.5, 0.6) is 0 Å². The zero-order valence-electron chi connectivity index (χ0n) is 19.9. The molecule has 2 amide bonds. The van der Waals surface area contributed by atoms with E-state index in [1.807, 2.05) is 30.3 Å². The fraction of sp³-hybridized carbons (Fsp3) is 0.0714. The van der Waals surface area contributed by atoms with Gasteiger partial charge in [-0.3, -0.25) is 14.4 Å². The smallest absolute Gasteiger partial charge is 0.282 e. The van der Waals surface area contributed by atoms with E-state index in [4.69, 9.17) is 0 Å². The molecule has 38 heavy (non-hydrogen) atoms. The molecule has 8 nitrogen and oxygen atoms in total. The molecule has 1 aliphatic rings. The first kappa shape index (κ1) is 24.6. The fourth-order valence-electron chi connectivity index (χ4n) is 4.04. The Balaban J connectivity index is 1.22. The maximum Gasteiger partial charge on any atom is 0.282 e. The molecule has 0 spiro atoms. The molecule has 0 saturated heterocycles. The van der Waals surface area contributed by atoms with E-state index in [0.29, 0.717) is 16.8 Å². The van der Waals surface area contributed by atoms with Crippen molar-refractivity contribution in [2.45, 2.75) is 6.54 Å². The minimum atomic E-state index is -1.02. The van der Waals surface area contributed by atoms with Crippen LogP contribution >= 0.6 is 0 Å². The lowest BCUT2D eigenvalue weighted by molar-refractivity contribution is -0.110. The van der Waals surface area contributed by atoms with E-state index in [1.165, 1.54) is 23.0 Å². The maximum atomic E-state index is 13.5.